The first-order valence-electron chi connectivity index (χ1n) is 4.33. The first-order chi connectivity index (χ1) is 6.27. The highest BCUT2D eigenvalue weighted by Crippen LogP contribution is 2.25. The molecule has 0 amide bonds. The molecule has 0 unspecified atom stereocenters. The molecule has 0 spiro atoms. The molecular weight excluding hydrogens is 265 g/mol. The van der Waals surface area contributed by atoms with E-state index in [1.54, 1.807) is 0 Å². The molecule has 1 rings (SSSR count). The van der Waals surface area contributed by atoms with Crippen molar-refractivity contribution >= 4 is 15.9 Å². The van der Waals surface area contributed by atoms with Crippen molar-refractivity contribution in [1.29, 1.82) is 0 Å². The summed E-state index contributed by atoms with van der Waals surface area (Å²) in [6.07, 6.45) is 0. The fourth-order valence-electron chi connectivity index (χ4n) is 1.13. The monoisotopic (exact) mass is 278 g/mol. The number of hydrogen-bond donors (Lipinski definition) is 1. The Morgan fingerprint density at radius 2 is 2.14 bits per heavy atom. The number of halogens is 2. The fourth-order valence-corrected chi connectivity index (χ4v) is 1.67. The van der Waals surface area contributed by atoms with E-state index in [4.69, 9.17) is 4.74 Å². The van der Waals surface area contributed by atoms with Gasteiger partial charge in [-0.25, -0.2) is 0 Å². The summed E-state index contributed by atoms with van der Waals surface area (Å²) in [7, 11) is 1.93. The molecule has 1 aromatic carbocycles. The van der Waals surface area contributed by atoms with Crippen molar-refractivity contribution in [2.24, 2.45) is 0 Å². The lowest BCUT2D eigenvalue weighted by Gasteiger charge is -2.07. The molecule has 1 aromatic rings. The van der Waals surface area contributed by atoms with E-state index in [-0.39, 0.29) is 12.4 Å². The van der Waals surface area contributed by atoms with Gasteiger partial charge in [0.1, 0.15) is 5.75 Å². The van der Waals surface area contributed by atoms with Crippen LogP contribution in [0.3, 0.4) is 0 Å². The smallest absolute Gasteiger partial charge is 0.133 e. The van der Waals surface area contributed by atoms with Gasteiger partial charge in [-0.05, 0) is 47.6 Å². The molecule has 4 heteroatoms. The molecule has 0 heterocycles. The van der Waals surface area contributed by atoms with Crippen LogP contribution < -0.4 is 22.5 Å². The predicted octanol–water partition coefficient (Wildman–Crippen LogP) is -0.429. The Balaban J connectivity index is 0.00000169. The van der Waals surface area contributed by atoms with Gasteiger partial charge in [-0.15, -0.1) is 0 Å². The van der Waals surface area contributed by atoms with E-state index in [2.05, 4.69) is 33.4 Å². The van der Waals surface area contributed by atoms with Crippen LogP contribution in [-0.2, 0) is 6.54 Å². The van der Waals surface area contributed by atoms with Crippen LogP contribution in [0.25, 0.3) is 0 Å². The molecule has 1 N–H and O–H groups in total. The molecule has 14 heavy (non-hydrogen) atoms. The first-order valence-corrected chi connectivity index (χ1v) is 5.13. The second kappa shape index (κ2) is 7.10. The summed E-state index contributed by atoms with van der Waals surface area (Å²) >= 11 is 3.47. The van der Waals surface area contributed by atoms with Gasteiger partial charge < -0.3 is 22.5 Å². The summed E-state index contributed by atoms with van der Waals surface area (Å²) in [6, 6.07) is 6.12. The lowest BCUT2D eigenvalue weighted by atomic mass is 10.2. The standard InChI is InChI=1S/C10H14BrNO.ClH/c1-3-13-10-5-4-8(7-12-2)6-9(10)11;/h4-6,12H,3,7H2,1-2H3;1H/p-1. The molecule has 0 aliphatic carbocycles. The first kappa shape index (κ1) is 13.8. The molecule has 0 aromatic heterocycles. The Bertz CT molecular complexity index is 281. The van der Waals surface area contributed by atoms with Crippen molar-refractivity contribution < 1.29 is 17.1 Å². The lowest BCUT2D eigenvalue weighted by Crippen LogP contribution is -3.00. The second-order valence-corrected chi connectivity index (χ2v) is 3.58. The second-order valence-electron chi connectivity index (χ2n) is 2.73. The van der Waals surface area contributed by atoms with Crippen molar-refractivity contribution in [2.75, 3.05) is 13.7 Å². The van der Waals surface area contributed by atoms with Gasteiger partial charge in [-0.1, -0.05) is 6.07 Å². The average molecular weight is 280 g/mol. The van der Waals surface area contributed by atoms with E-state index >= 15 is 0 Å². The van der Waals surface area contributed by atoms with Crippen LogP contribution >= 0.6 is 15.9 Å². The highest BCUT2D eigenvalue weighted by atomic mass is 79.9. The highest BCUT2D eigenvalue weighted by Gasteiger charge is 2.00. The summed E-state index contributed by atoms with van der Waals surface area (Å²) in [5.41, 5.74) is 1.25. The Hall–Kier alpha value is -0.250. The Morgan fingerprint density at radius 1 is 1.43 bits per heavy atom. The normalized spacial score (nSPS) is 9.36. The molecule has 0 aliphatic heterocycles. The van der Waals surface area contributed by atoms with Gasteiger partial charge in [0.05, 0.1) is 11.1 Å². The van der Waals surface area contributed by atoms with E-state index < -0.39 is 0 Å². The van der Waals surface area contributed by atoms with Gasteiger partial charge in [-0.3, -0.25) is 0 Å². The number of nitrogens with one attached hydrogen (secondary N) is 1. The molecule has 0 radical (unpaired) electrons. The van der Waals surface area contributed by atoms with Gasteiger partial charge in [0.2, 0.25) is 0 Å². The van der Waals surface area contributed by atoms with Gasteiger partial charge in [-0.2, -0.15) is 0 Å². The van der Waals surface area contributed by atoms with Crippen molar-refractivity contribution in [3.05, 3.63) is 28.2 Å². The van der Waals surface area contributed by atoms with Crippen molar-refractivity contribution in [3.8, 4) is 5.75 Å². The maximum absolute atomic E-state index is 5.40. The molecule has 0 bridgehead atoms. The van der Waals surface area contributed by atoms with Gasteiger partial charge in [0.25, 0.3) is 0 Å². The zero-order chi connectivity index (χ0) is 9.68. The van der Waals surface area contributed by atoms with Crippen LogP contribution in [0.5, 0.6) is 5.75 Å². The van der Waals surface area contributed by atoms with Crippen molar-refractivity contribution in [3.63, 3.8) is 0 Å². The third kappa shape index (κ3) is 3.86. The van der Waals surface area contributed by atoms with Crippen LogP contribution in [0.1, 0.15) is 12.5 Å². The minimum Gasteiger partial charge on any atom is -1.00 e. The number of rotatable bonds is 4. The summed E-state index contributed by atoms with van der Waals surface area (Å²) in [4.78, 5) is 0. The zero-order valence-electron chi connectivity index (χ0n) is 8.31. The van der Waals surface area contributed by atoms with Gasteiger partial charge in [0.15, 0.2) is 0 Å². The molecule has 0 saturated carbocycles. The largest absolute Gasteiger partial charge is 1.00 e. The van der Waals surface area contributed by atoms with Crippen LogP contribution in [0.15, 0.2) is 22.7 Å². The molecule has 0 aliphatic rings. The van der Waals surface area contributed by atoms with E-state index in [9.17, 15) is 0 Å². The van der Waals surface area contributed by atoms with E-state index in [1.807, 2.05) is 20.0 Å². The van der Waals surface area contributed by atoms with Crippen molar-refractivity contribution in [2.45, 2.75) is 13.5 Å². The summed E-state index contributed by atoms with van der Waals surface area (Å²) in [5.74, 6) is 0.905. The van der Waals surface area contributed by atoms with Crippen molar-refractivity contribution in [1.82, 2.24) is 5.32 Å². The number of ether oxygens (including phenoxy) is 1. The van der Waals surface area contributed by atoms with Gasteiger partial charge >= 0.3 is 0 Å². The Morgan fingerprint density at radius 3 is 2.64 bits per heavy atom. The minimum atomic E-state index is 0. The quantitative estimate of drug-likeness (QED) is 0.808. The predicted molar refractivity (Wildman–Crippen MR) is 58.1 cm³/mol. The molecule has 0 saturated heterocycles. The Kier molecular flexibility index (Phi) is 6.97. The SMILES string of the molecule is CCOc1ccc(CNC)cc1Br.[Cl-]. The fraction of sp³-hybridized carbons (Fsp3) is 0.400. The Labute approximate surface area is 99.6 Å². The van der Waals surface area contributed by atoms with Crippen LogP contribution in [0.4, 0.5) is 0 Å². The number of hydrogen-bond acceptors (Lipinski definition) is 2. The molecule has 2 nitrogen and oxygen atoms in total. The van der Waals surface area contributed by atoms with Gasteiger partial charge in [0, 0.05) is 6.54 Å². The number of benzene rings is 1. The zero-order valence-corrected chi connectivity index (χ0v) is 10.7. The molecule has 0 atom stereocenters. The topological polar surface area (TPSA) is 21.3 Å². The van der Waals surface area contributed by atoms with E-state index in [0.29, 0.717) is 6.61 Å². The molecule has 0 fully saturated rings. The van der Waals surface area contributed by atoms with Crippen LogP contribution in [0, 0.1) is 0 Å². The van der Waals surface area contributed by atoms with E-state index in [1.165, 1.54) is 5.56 Å². The summed E-state index contributed by atoms with van der Waals surface area (Å²) in [6.45, 7) is 3.56. The van der Waals surface area contributed by atoms with E-state index in [0.717, 1.165) is 16.8 Å². The van der Waals surface area contributed by atoms with Crippen LogP contribution in [-0.4, -0.2) is 13.7 Å². The minimum absolute atomic E-state index is 0. The lowest BCUT2D eigenvalue weighted by molar-refractivity contribution is -0.00000321. The highest BCUT2D eigenvalue weighted by molar-refractivity contribution is 9.10. The van der Waals surface area contributed by atoms with Crippen LogP contribution in [0.2, 0.25) is 0 Å². The summed E-state index contributed by atoms with van der Waals surface area (Å²) in [5, 5.41) is 3.10. The maximum atomic E-state index is 5.40. The molecule has 80 valence electrons. The maximum Gasteiger partial charge on any atom is 0.133 e. The third-order valence-corrected chi connectivity index (χ3v) is 2.30. The third-order valence-electron chi connectivity index (χ3n) is 1.68. The average Bonchev–Trinajstić information content (AvgIpc) is 2.10. The summed E-state index contributed by atoms with van der Waals surface area (Å²) < 4.78 is 6.42. The molecular formula is C10H14BrClNO-.